The maximum Gasteiger partial charge on any atom is 0.114 e. The molecule has 0 saturated carbocycles. The van der Waals surface area contributed by atoms with Gasteiger partial charge in [0.1, 0.15) is 5.69 Å². The number of rotatable bonds is 1. The third kappa shape index (κ3) is 1.18. The summed E-state index contributed by atoms with van der Waals surface area (Å²) in [6.07, 6.45) is 5.36. The maximum atomic E-state index is 3.99. The Morgan fingerprint density at radius 3 is 2.92 bits per heavy atom. The van der Waals surface area contributed by atoms with E-state index in [1.807, 2.05) is 25.4 Å². The Hall–Kier alpha value is -1.71. The van der Waals surface area contributed by atoms with Crippen LogP contribution in [0.4, 0.5) is 0 Å². The monoisotopic (exact) mass is 160 g/mol. The summed E-state index contributed by atoms with van der Waals surface area (Å²) >= 11 is 0. The van der Waals surface area contributed by atoms with Crippen LogP contribution in [0.15, 0.2) is 30.7 Å². The zero-order valence-corrected chi connectivity index (χ0v) is 6.68. The highest BCUT2D eigenvalue weighted by molar-refractivity contribution is 5.55. The van der Waals surface area contributed by atoms with E-state index < -0.39 is 0 Å². The normalized spacial score (nSPS) is 10.1. The van der Waals surface area contributed by atoms with Gasteiger partial charge in [-0.15, -0.1) is 5.10 Å². The topological polar surface area (TPSA) is 43.6 Å². The lowest BCUT2D eigenvalue weighted by Crippen LogP contribution is -1.85. The van der Waals surface area contributed by atoms with Crippen LogP contribution in [0.2, 0.25) is 0 Å². The first-order valence-corrected chi connectivity index (χ1v) is 3.63. The minimum Gasteiger partial charge on any atom is -0.264 e. The first kappa shape index (κ1) is 6.97. The first-order valence-electron chi connectivity index (χ1n) is 3.63. The van der Waals surface area contributed by atoms with Gasteiger partial charge in [-0.05, 0) is 12.1 Å². The highest BCUT2D eigenvalue weighted by atomic mass is 15.4. The summed E-state index contributed by atoms with van der Waals surface area (Å²) in [5, 5.41) is 7.79. The Kier molecular flexibility index (Phi) is 1.59. The van der Waals surface area contributed by atoms with Gasteiger partial charge >= 0.3 is 0 Å². The molecule has 4 nitrogen and oxygen atoms in total. The van der Waals surface area contributed by atoms with Gasteiger partial charge < -0.3 is 0 Å². The molecule has 60 valence electrons. The van der Waals surface area contributed by atoms with E-state index in [1.165, 1.54) is 0 Å². The number of pyridine rings is 1. The van der Waals surface area contributed by atoms with Gasteiger partial charge in [-0.25, -0.2) is 0 Å². The van der Waals surface area contributed by atoms with Crippen molar-refractivity contribution in [3.8, 4) is 11.3 Å². The molecule has 0 bridgehead atoms. The maximum absolute atomic E-state index is 3.99. The molecule has 2 aromatic heterocycles. The van der Waals surface area contributed by atoms with Crippen molar-refractivity contribution < 1.29 is 0 Å². The van der Waals surface area contributed by atoms with Crippen molar-refractivity contribution in [2.75, 3.05) is 0 Å². The summed E-state index contributed by atoms with van der Waals surface area (Å²) in [4.78, 5) is 3.99. The summed E-state index contributed by atoms with van der Waals surface area (Å²) in [5.41, 5.74) is 1.84. The van der Waals surface area contributed by atoms with E-state index >= 15 is 0 Å². The second kappa shape index (κ2) is 2.73. The molecule has 12 heavy (non-hydrogen) atoms. The van der Waals surface area contributed by atoms with E-state index in [9.17, 15) is 0 Å². The van der Waals surface area contributed by atoms with Crippen molar-refractivity contribution in [1.82, 2.24) is 20.0 Å². The van der Waals surface area contributed by atoms with Gasteiger partial charge in [-0.3, -0.25) is 9.67 Å². The predicted molar refractivity (Wildman–Crippen MR) is 44.2 cm³/mol. The molecule has 0 spiro atoms. The molecule has 0 radical (unpaired) electrons. The highest BCUT2D eigenvalue weighted by Crippen LogP contribution is 2.12. The van der Waals surface area contributed by atoms with Crippen molar-refractivity contribution >= 4 is 0 Å². The molecular weight excluding hydrogens is 152 g/mol. The van der Waals surface area contributed by atoms with Crippen molar-refractivity contribution in [2.24, 2.45) is 7.05 Å². The van der Waals surface area contributed by atoms with Crippen LogP contribution in [0.25, 0.3) is 11.3 Å². The zero-order valence-electron chi connectivity index (χ0n) is 6.68. The van der Waals surface area contributed by atoms with Crippen LogP contribution >= 0.6 is 0 Å². The Morgan fingerprint density at radius 2 is 2.33 bits per heavy atom. The number of hydrogen-bond donors (Lipinski definition) is 0. The number of aromatic nitrogens is 4. The average molecular weight is 160 g/mol. The van der Waals surface area contributed by atoms with Crippen LogP contribution in [-0.4, -0.2) is 20.0 Å². The minimum atomic E-state index is 0.852. The van der Waals surface area contributed by atoms with Crippen molar-refractivity contribution in [3.63, 3.8) is 0 Å². The second-order valence-corrected chi connectivity index (χ2v) is 2.52. The Bertz CT molecular complexity index is 366. The molecule has 0 aliphatic carbocycles. The van der Waals surface area contributed by atoms with Crippen molar-refractivity contribution in [3.05, 3.63) is 30.7 Å². The minimum absolute atomic E-state index is 0.852. The van der Waals surface area contributed by atoms with E-state index in [0.717, 1.165) is 11.3 Å². The number of nitrogens with zero attached hydrogens (tertiary/aromatic N) is 4. The van der Waals surface area contributed by atoms with Gasteiger partial charge in [0.25, 0.3) is 0 Å². The standard InChI is InChI=1S/C8H8N4/c1-12-6-8(10-11-12)7-3-2-4-9-5-7/h2-6H,1H3. The van der Waals surface area contributed by atoms with Crippen molar-refractivity contribution in [2.45, 2.75) is 0 Å². The summed E-state index contributed by atoms with van der Waals surface area (Å²) in [7, 11) is 1.84. The lowest BCUT2D eigenvalue weighted by molar-refractivity contribution is 0.715. The average Bonchev–Trinajstić information content (AvgIpc) is 2.54. The predicted octanol–water partition coefficient (Wildman–Crippen LogP) is 0.877. The van der Waals surface area contributed by atoms with Gasteiger partial charge in [0, 0.05) is 25.0 Å². The number of hydrogen-bond acceptors (Lipinski definition) is 3. The van der Waals surface area contributed by atoms with Gasteiger partial charge in [-0.1, -0.05) is 5.21 Å². The van der Waals surface area contributed by atoms with E-state index in [0.29, 0.717) is 0 Å². The summed E-state index contributed by atoms with van der Waals surface area (Å²) in [5.74, 6) is 0. The first-order chi connectivity index (χ1) is 5.86. The molecular formula is C8H8N4. The smallest absolute Gasteiger partial charge is 0.114 e. The van der Waals surface area contributed by atoms with Gasteiger partial charge in [0.15, 0.2) is 0 Å². The fourth-order valence-corrected chi connectivity index (χ4v) is 0.994. The van der Waals surface area contributed by atoms with Crippen LogP contribution in [-0.2, 0) is 7.05 Å². The third-order valence-corrected chi connectivity index (χ3v) is 1.56. The second-order valence-electron chi connectivity index (χ2n) is 2.52. The fraction of sp³-hybridized carbons (Fsp3) is 0.125. The lowest BCUT2D eigenvalue weighted by atomic mass is 10.2. The molecule has 2 aromatic rings. The summed E-state index contributed by atoms with van der Waals surface area (Å²) < 4.78 is 1.67. The molecule has 0 amide bonds. The summed E-state index contributed by atoms with van der Waals surface area (Å²) in [6, 6.07) is 3.83. The van der Waals surface area contributed by atoms with E-state index in [2.05, 4.69) is 15.3 Å². The highest BCUT2D eigenvalue weighted by Gasteiger charge is 1.99. The quantitative estimate of drug-likeness (QED) is 0.622. The number of aryl methyl sites for hydroxylation is 1. The van der Waals surface area contributed by atoms with E-state index in [1.54, 1.807) is 17.1 Å². The van der Waals surface area contributed by atoms with E-state index in [-0.39, 0.29) is 0 Å². The third-order valence-electron chi connectivity index (χ3n) is 1.56. The molecule has 0 saturated heterocycles. The SMILES string of the molecule is Cn1cc(-c2cccnc2)nn1. The Labute approximate surface area is 69.9 Å². The van der Waals surface area contributed by atoms with Crippen LogP contribution in [0.5, 0.6) is 0 Å². The molecule has 2 rings (SSSR count). The Morgan fingerprint density at radius 1 is 1.42 bits per heavy atom. The Balaban J connectivity index is 2.45. The van der Waals surface area contributed by atoms with Gasteiger partial charge in [0.2, 0.25) is 0 Å². The zero-order chi connectivity index (χ0) is 8.39. The lowest BCUT2D eigenvalue weighted by Gasteiger charge is -1.90. The summed E-state index contributed by atoms with van der Waals surface area (Å²) in [6.45, 7) is 0. The molecule has 0 fully saturated rings. The van der Waals surface area contributed by atoms with E-state index in [4.69, 9.17) is 0 Å². The van der Waals surface area contributed by atoms with Crippen molar-refractivity contribution in [1.29, 1.82) is 0 Å². The molecule has 0 atom stereocenters. The van der Waals surface area contributed by atoms with Gasteiger partial charge in [-0.2, -0.15) is 0 Å². The molecule has 0 aliphatic heterocycles. The largest absolute Gasteiger partial charge is 0.264 e. The fourth-order valence-electron chi connectivity index (χ4n) is 0.994. The molecule has 0 aliphatic rings. The molecule has 2 heterocycles. The molecule has 0 unspecified atom stereocenters. The van der Waals surface area contributed by atoms with Crippen LogP contribution in [0.1, 0.15) is 0 Å². The molecule has 4 heteroatoms. The molecule has 0 aromatic carbocycles. The van der Waals surface area contributed by atoms with Crippen LogP contribution in [0, 0.1) is 0 Å². The van der Waals surface area contributed by atoms with Gasteiger partial charge in [0.05, 0.1) is 6.20 Å². The van der Waals surface area contributed by atoms with Crippen LogP contribution in [0.3, 0.4) is 0 Å². The van der Waals surface area contributed by atoms with Crippen LogP contribution < -0.4 is 0 Å². The molecule has 0 N–H and O–H groups in total.